The summed E-state index contributed by atoms with van der Waals surface area (Å²) in [6, 6.07) is 5.27. The number of rotatable bonds is 4. The molecule has 1 aromatic heterocycles. The minimum atomic E-state index is -3.65. The van der Waals surface area contributed by atoms with Crippen LogP contribution in [0.3, 0.4) is 0 Å². The number of thiazole rings is 1. The Bertz CT molecular complexity index is 749. The number of aryl methyl sites for hydroxylation is 3. The third-order valence-electron chi connectivity index (χ3n) is 2.64. The first-order chi connectivity index (χ1) is 9.38. The Labute approximate surface area is 122 Å². The number of hydrogen-bond acceptors (Lipinski definition) is 5. The summed E-state index contributed by atoms with van der Waals surface area (Å²) in [6.45, 7) is 5.48. The van der Waals surface area contributed by atoms with Crippen molar-refractivity contribution in [2.24, 2.45) is 5.10 Å². The maximum absolute atomic E-state index is 12.2. The van der Waals surface area contributed by atoms with E-state index in [1.54, 1.807) is 19.1 Å². The van der Waals surface area contributed by atoms with E-state index in [1.165, 1.54) is 17.6 Å². The van der Waals surface area contributed by atoms with Crippen molar-refractivity contribution in [2.75, 3.05) is 0 Å². The number of aromatic nitrogens is 1. The molecule has 1 N–H and O–H groups in total. The fourth-order valence-electron chi connectivity index (χ4n) is 1.65. The Morgan fingerprint density at radius 3 is 2.70 bits per heavy atom. The molecule has 0 aliphatic carbocycles. The van der Waals surface area contributed by atoms with Crippen LogP contribution >= 0.6 is 11.3 Å². The largest absolute Gasteiger partial charge is 0.276 e. The molecule has 0 fully saturated rings. The van der Waals surface area contributed by atoms with Crippen LogP contribution in [0.1, 0.15) is 21.8 Å². The summed E-state index contributed by atoms with van der Waals surface area (Å²) < 4.78 is 24.3. The predicted octanol–water partition coefficient (Wildman–Crippen LogP) is 2.38. The molecule has 0 amide bonds. The van der Waals surface area contributed by atoms with Gasteiger partial charge in [0.2, 0.25) is 0 Å². The van der Waals surface area contributed by atoms with Crippen LogP contribution in [0.5, 0.6) is 0 Å². The zero-order valence-electron chi connectivity index (χ0n) is 11.4. The minimum Gasteiger partial charge on any atom is -0.240 e. The molecule has 0 radical (unpaired) electrons. The Hall–Kier alpha value is -1.73. The zero-order chi connectivity index (χ0) is 14.8. The summed E-state index contributed by atoms with van der Waals surface area (Å²) in [5, 5.41) is 6.47. The molecule has 0 atom stereocenters. The maximum atomic E-state index is 12.2. The highest BCUT2D eigenvalue weighted by atomic mass is 32.2. The van der Waals surface area contributed by atoms with Crippen molar-refractivity contribution in [3.63, 3.8) is 0 Å². The van der Waals surface area contributed by atoms with Crippen LogP contribution in [0.15, 0.2) is 33.6 Å². The van der Waals surface area contributed by atoms with Gasteiger partial charge in [0.1, 0.15) is 0 Å². The first-order valence-electron chi connectivity index (χ1n) is 5.93. The van der Waals surface area contributed by atoms with E-state index in [1.807, 2.05) is 25.3 Å². The third-order valence-corrected chi connectivity index (χ3v) is 4.80. The third kappa shape index (κ3) is 3.43. The highest BCUT2D eigenvalue weighted by Gasteiger charge is 2.15. The van der Waals surface area contributed by atoms with Crippen LogP contribution in [0.25, 0.3) is 0 Å². The lowest BCUT2D eigenvalue weighted by atomic mass is 10.2. The molecular weight excluding hydrogens is 294 g/mol. The van der Waals surface area contributed by atoms with E-state index in [9.17, 15) is 8.42 Å². The van der Waals surface area contributed by atoms with E-state index in [0.29, 0.717) is 11.3 Å². The fourth-order valence-corrected chi connectivity index (χ4v) is 3.33. The standard InChI is InChI=1S/C13H15N3O2S2/c1-9-4-5-10(2)13(6-9)20(17,18)16-14-7-12-8-19-11(3)15-12/h4-8,16H,1-3H3/b14-7+. The van der Waals surface area contributed by atoms with Gasteiger partial charge >= 0.3 is 0 Å². The smallest absolute Gasteiger partial charge is 0.240 e. The van der Waals surface area contributed by atoms with Crippen molar-refractivity contribution < 1.29 is 8.42 Å². The van der Waals surface area contributed by atoms with Crippen LogP contribution in [0.4, 0.5) is 0 Å². The van der Waals surface area contributed by atoms with Crippen molar-refractivity contribution in [1.82, 2.24) is 9.82 Å². The summed E-state index contributed by atoms with van der Waals surface area (Å²) in [7, 11) is -3.65. The second-order valence-corrected chi connectivity index (χ2v) is 7.10. The van der Waals surface area contributed by atoms with Gasteiger partial charge in [0.05, 0.1) is 21.8 Å². The number of benzene rings is 1. The Kier molecular flexibility index (Phi) is 4.20. The molecule has 5 nitrogen and oxygen atoms in total. The van der Waals surface area contributed by atoms with Crippen LogP contribution in [0, 0.1) is 20.8 Å². The molecule has 7 heteroatoms. The van der Waals surface area contributed by atoms with E-state index >= 15 is 0 Å². The molecule has 0 bridgehead atoms. The molecule has 0 spiro atoms. The second kappa shape index (κ2) is 5.72. The molecule has 0 saturated carbocycles. The van der Waals surface area contributed by atoms with Gasteiger partial charge in [0, 0.05) is 5.38 Å². The Morgan fingerprint density at radius 1 is 1.30 bits per heavy atom. The fraction of sp³-hybridized carbons (Fsp3) is 0.231. The van der Waals surface area contributed by atoms with E-state index < -0.39 is 10.0 Å². The first kappa shape index (κ1) is 14.7. The number of hydrogen-bond donors (Lipinski definition) is 1. The molecule has 1 aromatic carbocycles. The molecule has 1 heterocycles. The van der Waals surface area contributed by atoms with Gasteiger partial charge < -0.3 is 0 Å². The van der Waals surface area contributed by atoms with Crippen molar-refractivity contribution >= 4 is 27.6 Å². The molecule has 0 aliphatic heterocycles. The number of nitrogens with one attached hydrogen (secondary N) is 1. The normalized spacial score (nSPS) is 11.9. The highest BCUT2D eigenvalue weighted by Crippen LogP contribution is 2.16. The molecule has 0 saturated heterocycles. The lowest BCUT2D eigenvalue weighted by Gasteiger charge is -2.07. The molecule has 106 valence electrons. The summed E-state index contributed by atoms with van der Waals surface area (Å²) in [4.78, 5) is 6.62. The van der Waals surface area contributed by atoms with Crippen molar-refractivity contribution in [3.05, 3.63) is 45.4 Å². The zero-order valence-corrected chi connectivity index (χ0v) is 13.0. The van der Waals surface area contributed by atoms with Gasteiger partial charge in [0.15, 0.2) is 0 Å². The van der Waals surface area contributed by atoms with E-state index in [2.05, 4.69) is 14.9 Å². The molecule has 2 aromatic rings. The van der Waals surface area contributed by atoms with Gasteiger partial charge in [-0.25, -0.2) is 4.98 Å². The van der Waals surface area contributed by atoms with Crippen molar-refractivity contribution in [3.8, 4) is 0 Å². The topological polar surface area (TPSA) is 71.4 Å². The first-order valence-corrected chi connectivity index (χ1v) is 8.29. The van der Waals surface area contributed by atoms with Gasteiger partial charge in [-0.3, -0.25) is 0 Å². The minimum absolute atomic E-state index is 0.240. The maximum Gasteiger partial charge on any atom is 0.276 e. The van der Waals surface area contributed by atoms with E-state index in [-0.39, 0.29) is 4.90 Å². The van der Waals surface area contributed by atoms with Gasteiger partial charge in [0.25, 0.3) is 10.0 Å². The summed E-state index contributed by atoms with van der Waals surface area (Å²) in [5.74, 6) is 0. The summed E-state index contributed by atoms with van der Waals surface area (Å²) in [6.07, 6.45) is 1.40. The van der Waals surface area contributed by atoms with Crippen LogP contribution in [-0.2, 0) is 10.0 Å². The molecule has 20 heavy (non-hydrogen) atoms. The van der Waals surface area contributed by atoms with Crippen molar-refractivity contribution in [1.29, 1.82) is 0 Å². The van der Waals surface area contributed by atoms with Crippen LogP contribution in [-0.4, -0.2) is 19.6 Å². The van der Waals surface area contributed by atoms with E-state index in [4.69, 9.17) is 0 Å². The van der Waals surface area contributed by atoms with Gasteiger partial charge in [-0.15, -0.1) is 11.3 Å². The number of nitrogens with zero attached hydrogens (tertiary/aromatic N) is 2. The Morgan fingerprint density at radius 2 is 2.05 bits per heavy atom. The second-order valence-electron chi connectivity index (χ2n) is 4.41. The van der Waals surface area contributed by atoms with Crippen molar-refractivity contribution in [2.45, 2.75) is 25.7 Å². The highest BCUT2D eigenvalue weighted by molar-refractivity contribution is 7.89. The number of hydrazone groups is 1. The molecular formula is C13H15N3O2S2. The molecule has 0 aliphatic rings. The predicted molar refractivity (Wildman–Crippen MR) is 80.7 cm³/mol. The SMILES string of the molecule is Cc1ccc(C)c(S(=O)(=O)N/N=C/c2csc(C)n2)c1. The average Bonchev–Trinajstić information content (AvgIpc) is 2.78. The molecule has 2 rings (SSSR count). The summed E-state index contributed by atoms with van der Waals surface area (Å²) in [5.41, 5.74) is 2.20. The van der Waals surface area contributed by atoms with Crippen LogP contribution < -0.4 is 4.83 Å². The average molecular weight is 309 g/mol. The van der Waals surface area contributed by atoms with Gasteiger partial charge in [-0.2, -0.15) is 18.4 Å². The van der Waals surface area contributed by atoms with E-state index in [0.717, 1.165) is 10.6 Å². The quantitative estimate of drug-likeness (QED) is 0.696. The van der Waals surface area contributed by atoms with Gasteiger partial charge in [-0.1, -0.05) is 12.1 Å². The monoisotopic (exact) mass is 309 g/mol. The molecule has 0 unspecified atom stereocenters. The van der Waals surface area contributed by atoms with Gasteiger partial charge in [-0.05, 0) is 38.0 Å². The number of sulfonamides is 1. The summed E-state index contributed by atoms with van der Waals surface area (Å²) >= 11 is 1.48. The Balaban J connectivity index is 2.19. The lowest BCUT2D eigenvalue weighted by Crippen LogP contribution is -2.19. The lowest BCUT2D eigenvalue weighted by molar-refractivity contribution is 0.584. The van der Waals surface area contributed by atoms with Crippen LogP contribution in [0.2, 0.25) is 0 Å².